The molecule has 10 heteroatoms. The number of hydrogen-bond donors (Lipinski definition) is 1. The second-order valence-electron chi connectivity index (χ2n) is 7.89. The van der Waals surface area contributed by atoms with Crippen LogP contribution in [0, 0.1) is 5.82 Å². The first-order chi connectivity index (χ1) is 16.7. The smallest absolute Gasteiger partial charge is 0.256 e. The lowest BCUT2D eigenvalue weighted by molar-refractivity contribution is -0.124. The number of thiocarbonyl (C=S) groups is 1. The zero-order chi connectivity index (χ0) is 25.1. The Morgan fingerprint density at radius 1 is 1.00 bits per heavy atom. The average Bonchev–Trinajstić information content (AvgIpc) is 3.03. The van der Waals surface area contributed by atoms with Gasteiger partial charge in [-0.25, -0.2) is 4.39 Å². The predicted molar refractivity (Wildman–Crippen MR) is 142 cm³/mol. The van der Waals surface area contributed by atoms with Crippen LogP contribution in [0.15, 0.2) is 66.7 Å². The number of carbonyl (C=O) groups excluding carboxylic acids is 2. The van der Waals surface area contributed by atoms with Crippen molar-refractivity contribution in [1.82, 2.24) is 4.90 Å². The number of amides is 2. The van der Waals surface area contributed by atoms with Crippen LogP contribution in [0.1, 0.15) is 12.0 Å². The Morgan fingerprint density at radius 2 is 1.71 bits per heavy atom. The average molecular weight is 551 g/mol. The van der Waals surface area contributed by atoms with Crippen LogP contribution in [0.5, 0.6) is 0 Å². The van der Waals surface area contributed by atoms with E-state index in [-0.39, 0.29) is 23.3 Å². The maximum absolute atomic E-state index is 13.5. The Balaban J connectivity index is 1.57. The SMILES string of the molecule is O=C(CC1C(=O)N(c2ccc(F)cc2)C(=S)N1CCc1ccc(Cl)cc1Cl)Nc1cccc(Cl)c1. The molecule has 1 aliphatic rings. The maximum Gasteiger partial charge on any atom is 0.256 e. The number of carbonyl (C=O) groups is 2. The molecule has 1 N–H and O–H groups in total. The topological polar surface area (TPSA) is 52.7 Å². The van der Waals surface area contributed by atoms with Gasteiger partial charge >= 0.3 is 0 Å². The molecule has 35 heavy (non-hydrogen) atoms. The Morgan fingerprint density at radius 3 is 2.40 bits per heavy atom. The van der Waals surface area contributed by atoms with Crippen molar-refractivity contribution in [2.45, 2.75) is 18.9 Å². The number of nitrogens with one attached hydrogen (secondary N) is 1. The molecule has 1 aliphatic heterocycles. The van der Waals surface area contributed by atoms with Gasteiger partial charge in [0.05, 0.1) is 12.1 Å². The van der Waals surface area contributed by atoms with Gasteiger partial charge in [-0.05, 0) is 78.8 Å². The fourth-order valence-corrected chi connectivity index (χ4v) is 4.94. The van der Waals surface area contributed by atoms with Crippen molar-refractivity contribution in [3.63, 3.8) is 0 Å². The maximum atomic E-state index is 13.5. The molecule has 2 amide bonds. The summed E-state index contributed by atoms with van der Waals surface area (Å²) >= 11 is 23.9. The molecule has 0 aliphatic carbocycles. The molecule has 4 rings (SSSR count). The molecule has 3 aromatic carbocycles. The summed E-state index contributed by atoms with van der Waals surface area (Å²) in [5, 5.41) is 4.49. The first-order valence-electron chi connectivity index (χ1n) is 10.6. The number of hydrogen-bond acceptors (Lipinski definition) is 3. The third-order valence-electron chi connectivity index (χ3n) is 5.53. The molecule has 0 aromatic heterocycles. The highest BCUT2D eigenvalue weighted by molar-refractivity contribution is 7.80. The molecule has 180 valence electrons. The summed E-state index contributed by atoms with van der Waals surface area (Å²) in [6.07, 6.45) is 0.324. The second kappa shape index (κ2) is 10.9. The number of nitrogens with zero attached hydrogens (tertiary/aromatic N) is 2. The molecule has 0 bridgehead atoms. The van der Waals surface area contributed by atoms with Crippen molar-refractivity contribution in [3.05, 3.63) is 93.2 Å². The van der Waals surface area contributed by atoms with E-state index >= 15 is 0 Å². The van der Waals surface area contributed by atoms with Crippen molar-refractivity contribution >= 4 is 75.3 Å². The summed E-state index contributed by atoms with van der Waals surface area (Å²) in [5.41, 5.74) is 1.77. The number of halogens is 4. The first kappa shape index (κ1) is 25.4. The van der Waals surface area contributed by atoms with Crippen molar-refractivity contribution in [2.24, 2.45) is 0 Å². The first-order valence-corrected chi connectivity index (χ1v) is 12.2. The minimum Gasteiger partial charge on any atom is -0.336 e. The van der Waals surface area contributed by atoms with Crippen molar-refractivity contribution in [1.29, 1.82) is 0 Å². The van der Waals surface area contributed by atoms with E-state index in [1.165, 1.54) is 29.2 Å². The van der Waals surface area contributed by atoms with E-state index in [1.807, 2.05) is 6.07 Å². The van der Waals surface area contributed by atoms with Gasteiger partial charge < -0.3 is 10.2 Å². The highest BCUT2D eigenvalue weighted by Gasteiger charge is 2.44. The standard InChI is InChI=1S/C25H19Cl3FN3O2S/c26-16-2-1-3-19(12-16)30-23(33)14-22-24(34)32(20-8-6-18(29)7-9-20)25(35)31(22)11-10-15-4-5-17(27)13-21(15)28/h1-9,12-13,22H,10-11,14H2,(H,30,33). The van der Waals surface area contributed by atoms with Crippen molar-refractivity contribution in [2.75, 3.05) is 16.8 Å². The van der Waals surface area contributed by atoms with Gasteiger partial charge in [-0.15, -0.1) is 0 Å². The number of anilines is 2. The Labute approximate surface area is 222 Å². The van der Waals surface area contributed by atoms with Crippen LogP contribution in [0.2, 0.25) is 15.1 Å². The lowest BCUT2D eigenvalue weighted by atomic mass is 10.1. The molecule has 1 atom stereocenters. The number of rotatable bonds is 7. The molecular formula is C25H19Cl3FN3O2S. The van der Waals surface area contributed by atoms with E-state index in [0.717, 1.165) is 5.56 Å². The summed E-state index contributed by atoms with van der Waals surface area (Å²) in [6, 6.07) is 16.5. The molecule has 1 unspecified atom stereocenters. The monoisotopic (exact) mass is 549 g/mol. The van der Waals surface area contributed by atoms with Crippen LogP contribution in [0.25, 0.3) is 0 Å². The molecule has 5 nitrogen and oxygen atoms in total. The van der Waals surface area contributed by atoms with Crippen molar-refractivity contribution in [3.8, 4) is 0 Å². The van der Waals surface area contributed by atoms with E-state index in [1.54, 1.807) is 41.3 Å². The largest absolute Gasteiger partial charge is 0.336 e. The van der Waals surface area contributed by atoms with Crippen LogP contribution >= 0.6 is 47.0 Å². The van der Waals surface area contributed by atoms with Gasteiger partial charge in [-0.3, -0.25) is 14.5 Å². The third kappa shape index (κ3) is 5.93. The summed E-state index contributed by atoms with van der Waals surface area (Å²) in [4.78, 5) is 29.3. The zero-order valence-electron chi connectivity index (χ0n) is 18.2. The summed E-state index contributed by atoms with van der Waals surface area (Å²) in [5.74, 6) is -1.17. The fraction of sp³-hybridized carbons (Fsp3) is 0.160. The van der Waals surface area contributed by atoms with E-state index in [0.29, 0.717) is 39.4 Å². The molecule has 0 saturated carbocycles. The third-order valence-corrected chi connectivity index (χ3v) is 6.77. The Bertz CT molecular complexity index is 1290. The molecule has 1 heterocycles. The molecule has 0 radical (unpaired) electrons. The highest BCUT2D eigenvalue weighted by Crippen LogP contribution is 2.29. The predicted octanol–water partition coefficient (Wildman–Crippen LogP) is 6.36. The Hall–Kier alpha value is -2.71. The van der Waals surface area contributed by atoms with E-state index in [2.05, 4.69) is 5.32 Å². The van der Waals surface area contributed by atoms with Crippen LogP contribution < -0.4 is 10.2 Å². The molecule has 1 fully saturated rings. The second-order valence-corrected chi connectivity index (χ2v) is 9.54. The van der Waals surface area contributed by atoms with Crippen LogP contribution in [0.3, 0.4) is 0 Å². The summed E-state index contributed by atoms with van der Waals surface area (Å²) in [7, 11) is 0. The molecule has 1 saturated heterocycles. The quantitative estimate of drug-likeness (QED) is 0.348. The highest BCUT2D eigenvalue weighted by atomic mass is 35.5. The van der Waals surface area contributed by atoms with Crippen LogP contribution in [-0.2, 0) is 16.0 Å². The fourth-order valence-electron chi connectivity index (χ4n) is 3.83. The molecular weight excluding hydrogens is 532 g/mol. The summed E-state index contributed by atoms with van der Waals surface area (Å²) in [6.45, 7) is 0.332. The summed E-state index contributed by atoms with van der Waals surface area (Å²) < 4.78 is 13.5. The van der Waals surface area contributed by atoms with Gasteiger partial charge in [0.25, 0.3) is 5.91 Å². The van der Waals surface area contributed by atoms with Crippen LogP contribution in [0.4, 0.5) is 15.8 Å². The molecule has 3 aromatic rings. The van der Waals surface area contributed by atoms with Gasteiger partial charge in [0.1, 0.15) is 11.9 Å². The van der Waals surface area contributed by atoms with Gasteiger partial charge in [0, 0.05) is 27.3 Å². The zero-order valence-corrected chi connectivity index (χ0v) is 21.3. The lowest BCUT2D eigenvalue weighted by Crippen LogP contribution is -2.39. The molecule has 0 spiro atoms. The number of benzene rings is 3. The normalized spacial score (nSPS) is 15.6. The lowest BCUT2D eigenvalue weighted by Gasteiger charge is -2.24. The Kier molecular flexibility index (Phi) is 7.91. The van der Waals surface area contributed by atoms with Crippen molar-refractivity contribution < 1.29 is 14.0 Å². The van der Waals surface area contributed by atoms with Gasteiger partial charge in [-0.1, -0.05) is 46.9 Å². The van der Waals surface area contributed by atoms with E-state index < -0.39 is 11.9 Å². The van der Waals surface area contributed by atoms with Gasteiger partial charge in [0.2, 0.25) is 5.91 Å². The van der Waals surface area contributed by atoms with Crippen LogP contribution in [-0.4, -0.2) is 34.4 Å². The van der Waals surface area contributed by atoms with E-state index in [4.69, 9.17) is 47.0 Å². The minimum absolute atomic E-state index is 0.141. The van der Waals surface area contributed by atoms with Gasteiger partial charge in [-0.2, -0.15) is 0 Å². The van der Waals surface area contributed by atoms with Gasteiger partial charge in [0.15, 0.2) is 5.11 Å². The minimum atomic E-state index is -0.849. The van der Waals surface area contributed by atoms with E-state index in [9.17, 15) is 14.0 Å².